The summed E-state index contributed by atoms with van der Waals surface area (Å²) < 4.78 is 1.67. The highest BCUT2D eigenvalue weighted by molar-refractivity contribution is 5.95. The molecule has 2 aromatic heterocycles. The van der Waals surface area contributed by atoms with Crippen LogP contribution in [0.2, 0.25) is 0 Å². The van der Waals surface area contributed by atoms with Crippen LogP contribution in [0.15, 0.2) is 18.3 Å². The van der Waals surface area contributed by atoms with E-state index in [1.807, 2.05) is 0 Å². The number of carbonyl (C=O) groups is 1. The first-order chi connectivity index (χ1) is 9.66. The molecule has 0 bridgehead atoms. The number of hydrogen-bond acceptors (Lipinski definition) is 4. The van der Waals surface area contributed by atoms with E-state index in [0.717, 1.165) is 13.1 Å². The Bertz CT molecular complexity index is 644. The van der Waals surface area contributed by atoms with E-state index in [-0.39, 0.29) is 17.0 Å². The number of aromatic hydroxyl groups is 1. The fourth-order valence-corrected chi connectivity index (χ4v) is 2.76. The van der Waals surface area contributed by atoms with Gasteiger partial charge in [-0.1, -0.05) is 6.42 Å². The average Bonchev–Trinajstić information content (AvgIpc) is 2.81. The predicted octanol–water partition coefficient (Wildman–Crippen LogP) is 1.72. The largest absolute Gasteiger partial charge is 0.506 e. The summed E-state index contributed by atoms with van der Waals surface area (Å²) >= 11 is 0. The number of fused-ring (bicyclic) bond motifs is 1. The Morgan fingerprint density at radius 1 is 1.30 bits per heavy atom. The molecule has 1 aliphatic rings. The van der Waals surface area contributed by atoms with Crippen molar-refractivity contribution in [2.75, 3.05) is 13.1 Å². The normalized spacial score (nSPS) is 16.6. The maximum atomic E-state index is 11.3. The van der Waals surface area contributed by atoms with Crippen LogP contribution in [0.25, 0.3) is 5.52 Å². The summed E-state index contributed by atoms with van der Waals surface area (Å²) in [5, 5.41) is 19.1. The molecule has 0 aromatic carbocycles. The number of hydrogen-bond donors (Lipinski definition) is 2. The van der Waals surface area contributed by atoms with Gasteiger partial charge in [-0.2, -0.15) is 0 Å². The van der Waals surface area contributed by atoms with Gasteiger partial charge >= 0.3 is 5.97 Å². The molecule has 3 heterocycles. The van der Waals surface area contributed by atoms with Crippen molar-refractivity contribution in [2.24, 2.45) is 0 Å². The summed E-state index contributed by atoms with van der Waals surface area (Å²) in [7, 11) is 0. The van der Waals surface area contributed by atoms with Gasteiger partial charge in [0.2, 0.25) is 0 Å². The molecule has 0 aliphatic carbocycles. The quantitative estimate of drug-likeness (QED) is 0.891. The van der Waals surface area contributed by atoms with Crippen molar-refractivity contribution in [1.29, 1.82) is 0 Å². The van der Waals surface area contributed by atoms with E-state index < -0.39 is 5.97 Å². The summed E-state index contributed by atoms with van der Waals surface area (Å²) in [5.41, 5.74) is 0.183. The molecule has 0 atom stereocenters. The van der Waals surface area contributed by atoms with Gasteiger partial charge < -0.3 is 10.2 Å². The Hall–Kier alpha value is -2.08. The maximum absolute atomic E-state index is 11.3. The third kappa shape index (κ3) is 2.22. The minimum atomic E-state index is -1.12. The van der Waals surface area contributed by atoms with E-state index in [2.05, 4.69) is 9.88 Å². The van der Waals surface area contributed by atoms with Crippen LogP contribution in [0.3, 0.4) is 0 Å². The zero-order valence-corrected chi connectivity index (χ0v) is 11.1. The van der Waals surface area contributed by atoms with Crippen LogP contribution in [-0.2, 0) is 6.54 Å². The smallest absolute Gasteiger partial charge is 0.356 e. The van der Waals surface area contributed by atoms with E-state index in [1.165, 1.54) is 25.3 Å². The van der Waals surface area contributed by atoms with Crippen LogP contribution in [0.4, 0.5) is 0 Å². The van der Waals surface area contributed by atoms with Gasteiger partial charge in [0.15, 0.2) is 5.69 Å². The number of aromatic carboxylic acids is 1. The molecule has 0 amide bonds. The number of rotatable bonds is 3. The number of carboxylic acids is 1. The maximum Gasteiger partial charge on any atom is 0.356 e. The van der Waals surface area contributed by atoms with E-state index in [4.69, 9.17) is 0 Å². The molecule has 1 fully saturated rings. The first-order valence-electron chi connectivity index (χ1n) is 6.81. The van der Waals surface area contributed by atoms with Gasteiger partial charge in [-0.25, -0.2) is 9.78 Å². The van der Waals surface area contributed by atoms with Gasteiger partial charge in [-0.15, -0.1) is 0 Å². The van der Waals surface area contributed by atoms with Crippen LogP contribution >= 0.6 is 0 Å². The molecule has 20 heavy (non-hydrogen) atoms. The molecule has 6 heteroatoms. The predicted molar refractivity (Wildman–Crippen MR) is 72.9 cm³/mol. The minimum absolute atomic E-state index is 0.0534. The Morgan fingerprint density at radius 2 is 2.05 bits per heavy atom. The molecule has 2 N–H and O–H groups in total. The monoisotopic (exact) mass is 275 g/mol. The Balaban J connectivity index is 2.02. The number of likely N-dealkylation sites (tertiary alicyclic amines) is 1. The minimum Gasteiger partial charge on any atom is -0.506 e. The summed E-state index contributed by atoms with van der Waals surface area (Å²) in [4.78, 5) is 17.7. The lowest BCUT2D eigenvalue weighted by molar-refractivity contribution is 0.0692. The van der Waals surface area contributed by atoms with Crippen molar-refractivity contribution in [1.82, 2.24) is 14.3 Å². The Labute approximate surface area is 116 Å². The highest BCUT2D eigenvalue weighted by Gasteiger charge is 2.21. The molecular formula is C14H17N3O3. The van der Waals surface area contributed by atoms with E-state index in [1.54, 1.807) is 16.7 Å². The van der Waals surface area contributed by atoms with Gasteiger partial charge in [0.25, 0.3) is 0 Å². The molecule has 1 saturated heterocycles. The lowest BCUT2D eigenvalue weighted by Gasteiger charge is -2.25. The van der Waals surface area contributed by atoms with Gasteiger partial charge in [0, 0.05) is 6.20 Å². The standard InChI is InChI=1S/C14H17N3O3/c18-10-5-4-8-17-11(9-16-6-2-1-3-7-16)15-12(13(10)17)14(19)20/h4-5,8,18H,1-3,6-7,9H2,(H,19,20). The van der Waals surface area contributed by atoms with Crippen LogP contribution < -0.4 is 0 Å². The van der Waals surface area contributed by atoms with Crippen molar-refractivity contribution in [3.8, 4) is 5.75 Å². The summed E-state index contributed by atoms with van der Waals surface area (Å²) in [6, 6.07) is 3.17. The summed E-state index contributed by atoms with van der Waals surface area (Å²) in [5.74, 6) is -0.508. The zero-order valence-electron chi connectivity index (χ0n) is 11.1. The van der Waals surface area contributed by atoms with Crippen LogP contribution in [-0.4, -0.2) is 43.6 Å². The number of carboxylic acid groups (broad SMARTS) is 1. The average molecular weight is 275 g/mol. The molecule has 1 aliphatic heterocycles. The SMILES string of the molecule is O=C(O)c1nc(CN2CCCCC2)n2cccc(O)c12. The highest BCUT2D eigenvalue weighted by Crippen LogP contribution is 2.24. The Morgan fingerprint density at radius 3 is 2.75 bits per heavy atom. The molecule has 106 valence electrons. The third-order valence-corrected chi connectivity index (χ3v) is 3.73. The van der Waals surface area contributed by atoms with Gasteiger partial charge in [-0.3, -0.25) is 9.30 Å². The second-order valence-corrected chi connectivity index (χ2v) is 5.13. The molecule has 6 nitrogen and oxygen atoms in total. The first kappa shape index (κ1) is 12.9. The number of imidazole rings is 1. The Kier molecular flexibility index (Phi) is 3.31. The van der Waals surface area contributed by atoms with Gasteiger partial charge in [-0.05, 0) is 38.1 Å². The van der Waals surface area contributed by atoms with E-state index >= 15 is 0 Å². The highest BCUT2D eigenvalue weighted by atomic mass is 16.4. The van der Waals surface area contributed by atoms with Crippen molar-refractivity contribution < 1.29 is 15.0 Å². The van der Waals surface area contributed by atoms with Crippen LogP contribution in [0, 0.1) is 0 Å². The lowest BCUT2D eigenvalue weighted by atomic mass is 10.1. The number of pyridine rings is 1. The number of aromatic nitrogens is 2. The third-order valence-electron chi connectivity index (χ3n) is 3.73. The van der Waals surface area contributed by atoms with Crippen molar-refractivity contribution in [3.63, 3.8) is 0 Å². The van der Waals surface area contributed by atoms with E-state index in [0.29, 0.717) is 12.4 Å². The molecule has 3 rings (SSSR count). The molecule has 2 aromatic rings. The van der Waals surface area contributed by atoms with Crippen molar-refractivity contribution in [3.05, 3.63) is 29.8 Å². The second kappa shape index (κ2) is 5.13. The van der Waals surface area contributed by atoms with Crippen LogP contribution in [0.1, 0.15) is 35.6 Å². The fraction of sp³-hybridized carbons (Fsp3) is 0.429. The topological polar surface area (TPSA) is 78.1 Å². The first-order valence-corrected chi connectivity index (χ1v) is 6.81. The zero-order chi connectivity index (χ0) is 14.1. The number of piperidine rings is 1. The molecule has 0 radical (unpaired) electrons. The molecular weight excluding hydrogens is 258 g/mol. The molecule has 0 spiro atoms. The summed E-state index contributed by atoms with van der Waals surface area (Å²) in [6.07, 6.45) is 5.33. The van der Waals surface area contributed by atoms with Gasteiger partial charge in [0.05, 0.1) is 6.54 Å². The molecule has 0 saturated carbocycles. The van der Waals surface area contributed by atoms with Crippen molar-refractivity contribution in [2.45, 2.75) is 25.8 Å². The summed E-state index contributed by atoms with van der Waals surface area (Å²) in [6.45, 7) is 2.63. The van der Waals surface area contributed by atoms with Crippen molar-refractivity contribution >= 4 is 11.5 Å². The second-order valence-electron chi connectivity index (χ2n) is 5.13. The van der Waals surface area contributed by atoms with Gasteiger partial charge in [0.1, 0.15) is 17.1 Å². The molecule has 0 unspecified atom stereocenters. The number of nitrogens with zero attached hydrogens (tertiary/aromatic N) is 3. The fourth-order valence-electron chi connectivity index (χ4n) is 2.76. The van der Waals surface area contributed by atoms with E-state index in [9.17, 15) is 15.0 Å². The lowest BCUT2D eigenvalue weighted by Crippen LogP contribution is -2.29. The van der Waals surface area contributed by atoms with Crippen LogP contribution in [0.5, 0.6) is 5.75 Å².